The number of hydrogen-bond acceptors (Lipinski definition) is 4. The zero-order valence-corrected chi connectivity index (χ0v) is 13.0. The van der Waals surface area contributed by atoms with Gasteiger partial charge in [0.05, 0.1) is 16.5 Å². The van der Waals surface area contributed by atoms with Crippen LogP contribution in [-0.2, 0) is 14.8 Å². The summed E-state index contributed by atoms with van der Waals surface area (Å²) in [5.74, 6) is 0.322. The van der Waals surface area contributed by atoms with Gasteiger partial charge in [0.2, 0.25) is 15.9 Å². The van der Waals surface area contributed by atoms with Crippen molar-refractivity contribution in [2.75, 3.05) is 20.7 Å². The first-order valence-corrected chi connectivity index (χ1v) is 7.72. The first kappa shape index (κ1) is 15.9. The molecule has 1 rings (SSSR count). The lowest BCUT2D eigenvalue weighted by molar-refractivity contribution is -0.120. The Labute approximate surface area is 120 Å². The summed E-state index contributed by atoms with van der Waals surface area (Å²) >= 11 is 3.22. The number of methoxy groups -OCH3 is 1. The molecule has 2 N–H and O–H groups in total. The largest absolute Gasteiger partial charge is 0.496 e. The van der Waals surface area contributed by atoms with Crippen LogP contribution in [0.5, 0.6) is 5.75 Å². The Bertz CT molecular complexity index is 560. The van der Waals surface area contributed by atoms with E-state index in [1.165, 1.54) is 26.3 Å². The maximum Gasteiger partial charge on any atom is 0.240 e. The van der Waals surface area contributed by atoms with Crippen molar-refractivity contribution in [2.45, 2.75) is 11.3 Å². The van der Waals surface area contributed by atoms with Gasteiger partial charge in [-0.1, -0.05) is 0 Å². The molecule has 0 aliphatic heterocycles. The summed E-state index contributed by atoms with van der Waals surface area (Å²) in [5.41, 5.74) is 0. The van der Waals surface area contributed by atoms with E-state index < -0.39 is 10.0 Å². The number of sulfonamides is 1. The van der Waals surface area contributed by atoms with E-state index in [0.29, 0.717) is 10.2 Å². The van der Waals surface area contributed by atoms with Crippen LogP contribution in [0.15, 0.2) is 27.6 Å². The SMILES string of the molecule is CNC(=O)CCNS(=O)(=O)c1ccc(OC)c(Br)c1. The van der Waals surface area contributed by atoms with Crippen molar-refractivity contribution in [3.63, 3.8) is 0 Å². The van der Waals surface area contributed by atoms with Crippen molar-refractivity contribution in [1.82, 2.24) is 10.0 Å². The molecule has 19 heavy (non-hydrogen) atoms. The molecule has 0 saturated carbocycles. The molecule has 106 valence electrons. The predicted molar refractivity (Wildman–Crippen MR) is 74.6 cm³/mol. The summed E-state index contributed by atoms with van der Waals surface area (Å²) in [4.78, 5) is 11.1. The van der Waals surface area contributed by atoms with E-state index >= 15 is 0 Å². The van der Waals surface area contributed by atoms with Gasteiger partial charge in [-0.05, 0) is 34.1 Å². The molecule has 0 aromatic heterocycles. The molecule has 0 fully saturated rings. The molecule has 1 amide bonds. The van der Waals surface area contributed by atoms with Crippen LogP contribution in [0, 0.1) is 0 Å². The summed E-state index contributed by atoms with van der Waals surface area (Å²) in [6.45, 7) is 0.0473. The summed E-state index contributed by atoms with van der Waals surface area (Å²) in [6.07, 6.45) is 0.0903. The molecule has 0 heterocycles. The van der Waals surface area contributed by atoms with Crippen LogP contribution >= 0.6 is 15.9 Å². The second-order valence-electron chi connectivity index (χ2n) is 3.62. The Morgan fingerprint density at radius 1 is 1.42 bits per heavy atom. The van der Waals surface area contributed by atoms with Crippen molar-refractivity contribution in [3.8, 4) is 5.75 Å². The summed E-state index contributed by atoms with van der Waals surface area (Å²) in [7, 11) is -0.634. The number of halogens is 1. The van der Waals surface area contributed by atoms with E-state index in [0.717, 1.165) is 0 Å². The fraction of sp³-hybridized carbons (Fsp3) is 0.364. The van der Waals surface area contributed by atoms with E-state index in [4.69, 9.17) is 4.74 Å². The normalized spacial score (nSPS) is 11.1. The highest BCUT2D eigenvalue weighted by molar-refractivity contribution is 9.10. The van der Waals surface area contributed by atoms with Gasteiger partial charge in [-0.15, -0.1) is 0 Å². The molecule has 0 saturated heterocycles. The first-order chi connectivity index (χ1) is 8.90. The van der Waals surface area contributed by atoms with Crippen LogP contribution in [0.3, 0.4) is 0 Å². The van der Waals surface area contributed by atoms with Gasteiger partial charge in [0.1, 0.15) is 5.75 Å². The molecule has 0 aliphatic rings. The third kappa shape index (κ3) is 4.48. The number of ether oxygens (including phenoxy) is 1. The lowest BCUT2D eigenvalue weighted by atomic mass is 10.3. The standard InChI is InChI=1S/C11H15BrN2O4S/c1-13-11(15)5-6-14-19(16,17)8-3-4-10(18-2)9(12)7-8/h3-4,7,14H,5-6H2,1-2H3,(H,13,15). The number of amides is 1. The minimum absolute atomic E-state index is 0.0473. The van der Waals surface area contributed by atoms with Crippen molar-refractivity contribution >= 4 is 31.9 Å². The zero-order valence-electron chi connectivity index (χ0n) is 10.6. The van der Waals surface area contributed by atoms with E-state index in [1.807, 2.05) is 0 Å². The van der Waals surface area contributed by atoms with Crippen LogP contribution in [-0.4, -0.2) is 35.0 Å². The fourth-order valence-electron chi connectivity index (χ4n) is 1.32. The van der Waals surface area contributed by atoms with Crippen molar-refractivity contribution < 1.29 is 17.9 Å². The topological polar surface area (TPSA) is 84.5 Å². The second-order valence-corrected chi connectivity index (χ2v) is 6.24. The minimum Gasteiger partial charge on any atom is -0.496 e. The highest BCUT2D eigenvalue weighted by Gasteiger charge is 2.15. The monoisotopic (exact) mass is 350 g/mol. The van der Waals surface area contributed by atoms with Gasteiger partial charge in [0.15, 0.2) is 0 Å². The maximum atomic E-state index is 11.9. The minimum atomic E-state index is -3.63. The van der Waals surface area contributed by atoms with Crippen LogP contribution in [0.4, 0.5) is 0 Å². The Morgan fingerprint density at radius 3 is 2.63 bits per heavy atom. The zero-order chi connectivity index (χ0) is 14.5. The van der Waals surface area contributed by atoms with E-state index in [-0.39, 0.29) is 23.8 Å². The number of benzene rings is 1. The van der Waals surface area contributed by atoms with Gasteiger partial charge in [0.25, 0.3) is 0 Å². The van der Waals surface area contributed by atoms with Crippen LogP contribution in [0.1, 0.15) is 6.42 Å². The van der Waals surface area contributed by atoms with E-state index in [2.05, 4.69) is 26.0 Å². The molecule has 0 spiro atoms. The Kier molecular flexibility index (Phi) is 5.77. The lowest BCUT2D eigenvalue weighted by Crippen LogP contribution is -2.29. The maximum absolute atomic E-state index is 11.9. The van der Waals surface area contributed by atoms with Crippen molar-refractivity contribution in [3.05, 3.63) is 22.7 Å². The molecule has 0 bridgehead atoms. The van der Waals surface area contributed by atoms with Gasteiger partial charge in [-0.3, -0.25) is 4.79 Å². The number of hydrogen-bond donors (Lipinski definition) is 2. The van der Waals surface area contributed by atoms with Gasteiger partial charge in [0, 0.05) is 20.0 Å². The molecular formula is C11H15BrN2O4S. The summed E-state index contributed by atoms with van der Waals surface area (Å²) in [6, 6.07) is 4.43. The van der Waals surface area contributed by atoms with Gasteiger partial charge in [-0.25, -0.2) is 13.1 Å². The Balaban J connectivity index is 2.77. The molecule has 0 unspecified atom stereocenters. The highest BCUT2D eigenvalue weighted by atomic mass is 79.9. The van der Waals surface area contributed by atoms with Crippen LogP contribution < -0.4 is 14.8 Å². The van der Waals surface area contributed by atoms with E-state index in [1.54, 1.807) is 6.07 Å². The Morgan fingerprint density at radius 2 is 2.11 bits per heavy atom. The van der Waals surface area contributed by atoms with Crippen molar-refractivity contribution in [1.29, 1.82) is 0 Å². The molecule has 1 aromatic carbocycles. The molecule has 0 atom stereocenters. The van der Waals surface area contributed by atoms with Gasteiger partial charge >= 0.3 is 0 Å². The van der Waals surface area contributed by atoms with Gasteiger partial charge < -0.3 is 10.1 Å². The average Bonchev–Trinajstić information content (AvgIpc) is 2.38. The van der Waals surface area contributed by atoms with Crippen LogP contribution in [0.25, 0.3) is 0 Å². The van der Waals surface area contributed by atoms with E-state index in [9.17, 15) is 13.2 Å². The smallest absolute Gasteiger partial charge is 0.240 e. The molecular weight excluding hydrogens is 336 g/mol. The molecule has 0 radical (unpaired) electrons. The molecule has 1 aromatic rings. The number of carbonyl (C=O) groups is 1. The van der Waals surface area contributed by atoms with Crippen LogP contribution in [0.2, 0.25) is 0 Å². The summed E-state index contributed by atoms with van der Waals surface area (Å²) < 4.78 is 31.8. The quantitative estimate of drug-likeness (QED) is 0.797. The first-order valence-electron chi connectivity index (χ1n) is 5.44. The van der Waals surface area contributed by atoms with Crippen molar-refractivity contribution in [2.24, 2.45) is 0 Å². The molecule has 8 heteroatoms. The molecule has 0 aliphatic carbocycles. The lowest BCUT2D eigenvalue weighted by Gasteiger charge is -2.08. The highest BCUT2D eigenvalue weighted by Crippen LogP contribution is 2.27. The number of nitrogens with one attached hydrogen (secondary N) is 2. The predicted octanol–water partition coefficient (Wildman–Crippen LogP) is 0.872. The average molecular weight is 351 g/mol. The fourth-order valence-corrected chi connectivity index (χ4v) is 3.07. The second kappa shape index (κ2) is 6.88. The van der Waals surface area contributed by atoms with Gasteiger partial charge in [-0.2, -0.15) is 0 Å². The number of carbonyl (C=O) groups excluding carboxylic acids is 1. The third-order valence-electron chi connectivity index (χ3n) is 2.36. The summed E-state index contributed by atoms with van der Waals surface area (Å²) in [5, 5.41) is 2.42. The third-order valence-corrected chi connectivity index (χ3v) is 4.43. The molecule has 6 nitrogen and oxygen atoms in total. The number of rotatable bonds is 6. The Hall–Kier alpha value is -1.12.